The highest BCUT2D eigenvalue weighted by Gasteiger charge is 2.49. The van der Waals surface area contributed by atoms with Gasteiger partial charge in [-0.3, -0.25) is 9.69 Å². The number of benzene rings is 2. The second kappa shape index (κ2) is 10.1. The second-order valence-electron chi connectivity index (χ2n) is 11.6. The molecule has 3 aliphatic rings. The summed E-state index contributed by atoms with van der Waals surface area (Å²) < 4.78 is 11.1. The number of nitrogens with one attached hydrogen (secondary N) is 2. The van der Waals surface area contributed by atoms with E-state index in [-0.39, 0.29) is 23.3 Å². The van der Waals surface area contributed by atoms with Crippen molar-refractivity contribution in [3.8, 4) is 11.8 Å². The smallest absolute Gasteiger partial charge is 0.251 e. The standard InChI is InChI=1S/C31H36N4O3/c1-20-11-28(37-2)26(25-7-9-33-29(20)25)17-35-10-8-31(12-21(13-31)15-32)14-27(35)23-3-5-24(6-4-23)30(36)34-16-22-18-38-19-22/h3-7,9,11,21-22,27,33H,8,10,12-14,16-19H2,1-2H3,(H,34,36). The number of aryl methyl sites for hydroxylation is 1. The number of aromatic amines is 1. The van der Waals surface area contributed by atoms with Crippen molar-refractivity contribution in [3.63, 3.8) is 0 Å². The van der Waals surface area contributed by atoms with Crippen LogP contribution in [-0.4, -0.2) is 49.2 Å². The molecule has 1 amide bonds. The third-order valence-corrected chi connectivity index (χ3v) is 9.05. The lowest BCUT2D eigenvalue weighted by Crippen LogP contribution is -2.48. The molecule has 3 fully saturated rings. The van der Waals surface area contributed by atoms with Crippen molar-refractivity contribution < 1.29 is 14.3 Å². The molecular formula is C31H36N4O3. The molecule has 7 nitrogen and oxygen atoms in total. The number of carbonyl (C=O) groups is 1. The fourth-order valence-corrected chi connectivity index (χ4v) is 6.73. The molecule has 2 saturated heterocycles. The number of carbonyl (C=O) groups excluding carboxylic acids is 1. The Morgan fingerprint density at radius 1 is 1.24 bits per heavy atom. The van der Waals surface area contributed by atoms with Gasteiger partial charge in [0.15, 0.2) is 0 Å². The van der Waals surface area contributed by atoms with Gasteiger partial charge in [-0.15, -0.1) is 0 Å². The van der Waals surface area contributed by atoms with E-state index in [0.717, 1.165) is 63.3 Å². The number of amides is 1. The van der Waals surface area contributed by atoms with E-state index in [1.54, 1.807) is 7.11 Å². The average molecular weight is 513 g/mol. The number of hydrogen-bond acceptors (Lipinski definition) is 5. The molecule has 1 aliphatic carbocycles. The Kier molecular flexibility index (Phi) is 6.63. The summed E-state index contributed by atoms with van der Waals surface area (Å²) >= 11 is 0. The minimum absolute atomic E-state index is 0.0319. The summed E-state index contributed by atoms with van der Waals surface area (Å²) in [6, 6.07) is 15.1. The molecule has 0 radical (unpaired) electrons. The number of H-pyrrole nitrogens is 1. The lowest BCUT2D eigenvalue weighted by atomic mass is 9.56. The van der Waals surface area contributed by atoms with Crippen LogP contribution in [-0.2, 0) is 11.3 Å². The number of ether oxygens (including phenoxy) is 2. The van der Waals surface area contributed by atoms with Gasteiger partial charge < -0.3 is 19.8 Å². The number of hydrogen-bond donors (Lipinski definition) is 2. The van der Waals surface area contributed by atoms with Gasteiger partial charge in [-0.2, -0.15) is 5.26 Å². The van der Waals surface area contributed by atoms with Crippen LogP contribution in [0.2, 0.25) is 0 Å². The highest BCUT2D eigenvalue weighted by Crippen LogP contribution is 2.56. The average Bonchev–Trinajstić information content (AvgIpc) is 3.39. The normalized spacial score (nSPS) is 25.5. The van der Waals surface area contributed by atoms with Crippen LogP contribution in [0, 0.1) is 35.5 Å². The molecule has 3 heterocycles. The number of likely N-dealkylation sites (tertiary alicyclic amines) is 1. The van der Waals surface area contributed by atoms with Gasteiger partial charge in [-0.05, 0) is 80.0 Å². The highest BCUT2D eigenvalue weighted by atomic mass is 16.5. The van der Waals surface area contributed by atoms with Crippen LogP contribution < -0.4 is 10.1 Å². The van der Waals surface area contributed by atoms with Gasteiger partial charge in [0.2, 0.25) is 0 Å². The first kappa shape index (κ1) is 25.0. The number of fused-ring (bicyclic) bond motifs is 1. The molecule has 6 rings (SSSR count). The quantitative estimate of drug-likeness (QED) is 0.459. The van der Waals surface area contributed by atoms with Crippen LogP contribution in [0.1, 0.15) is 58.8 Å². The first-order valence-corrected chi connectivity index (χ1v) is 13.7. The number of rotatable bonds is 7. The Morgan fingerprint density at radius 3 is 2.71 bits per heavy atom. The monoisotopic (exact) mass is 512 g/mol. The second-order valence-corrected chi connectivity index (χ2v) is 11.6. The lowest BCUT2D eigenvalue weighted by molar-refractivity contribution is -0.0300. The molecule has 1 spiro atoms. The largest absolute Gasteiger partial charge is 0.496 e. The Bertz CT molecular complexity index is 1360. The van der Waals surface area contributed by atoms with Gasteiger partial charge in [-0.1, -0.05) is 12.1 Å². The number of piperidine rings is 1. The van der Waals surface area contributed by atoms with E-state index < -0.39 is 0 Å². The Labute approximate surface area is 224 Å². The van der Waals surface area contributed by atoms with E-state index in [2.05, 4.69) is 52.5 Å². The van der Waals surface area contributed by atoms with Crippen molar-refractivity contribution >= 4 is 16.8 Å². The number of nitrogens with zero attached hydrogens (tertiary/aromatic N) is 2. The molecule has 1 saturated carbocycles. The molecule has 2 N–H and O–H groups in total. The predicted octanol–water partition coefficient (Wildman–Crippen LogP) is 5.12. The molecule has 7 heteroatoms. The fraction of sp³-hybridized carbons (Fsp3) is 0.484. The Hall–Kier alpha value is -3.34. The maximum absolute atomic E-state index is 12.7. The van der Waals surface area contributed by atoms with E-state index in [1.807, 2.05) is 18.3 Å². The Balaban J connectivity index is 1.26. The summed E-state index contributed by atoms with van der Waals surface area (Å²) in [7, 11) is 1.75. The molecule has 2 aliphatic heterocycles. The summed E-state index contributed by atoms with van der Waals surface area (Å²) in [5.74, 6) is 1.50. The molecule has 3 aromatic rings. The van der Waals surface area contributed by atoms with Crippen LogP contribution in [0.5, 0.6) is 5.75 Å². The predicted molar refractivity (Wildman–Crippen MR) is 146 cm³/mol. The van der Waals surface area contributed by atoms with Crippen LogP contribution in [0.15, 0.2) is 42.6 Å². The zero-order chi connectivity index (χ0) is 26.3. The van der Waals surface area contributed by atoms with Crippen molar-refractivity contribution in [2.24, 2.45) is 17.3 Å². The minimum atomic E-state index is -0.0319. The third kappa shape index (κ3) is 4.57. The first-order chi connectivity index (χ1) is 18.5. The fourth-order valence-electron chi connectivity index (χ4n) is 6.73. The topological polar surface area (TPSA) is 90.4 Å². The van der Waals surface area contributed by atoms with Crippen molar-refractivity contribution in [3.05, 3.63) is 64.8 Å². The summed E-state index contributed by atoms with van der Waals surface area (Å²) in [4.78, 5) is 18.7. The zero-order valence-corrected chi connectivity index (χ0v) is 22.3. The number of nitriles is 1. The molecule has 1 atom stereocenters. The highest BCUT2D eigenvalue weighted by molar-refractivity contribution is 5.94. The zero-order valence-electron chi connectivity index (χ0n) is 22.3. The summed E-state index contributed by atoms with van der Waals surface area (Å²) in [5.41, 5.74) is 5.69. The van der Waals surface area contributed by atoms with Crippen LogP contribution >= 0.6 is 0 Å². The number of aromatic nitrogens is 1. The van der Waals surface area contributed by atoms with E-state index in [4.69, 9.17) is 9.47 Å². The lowest BCUT2D eigenvalue weighted by Gasteiger charge is -2.53. The SMILES string of the molecule is COc1cc(C)c2[nH]ccc2c1CN1CCC2(CC(C#N)C2)CC1c1ccc(C(=O)NCC2COC2)cc1. The minimum Gasteiger partial charge on any atom is -0.496 e. The molecule has 198 valence electrons. The van der Waals surface area contributed by atoms with Crippen LogP contribution in [0.3, 0.4) is 0 Å². The van der Waals surface area contributed by atoms with Crippen LogP contribution in [0.25, 0.3) is 10.9 Å². The molecule has 38 heavy (non-hydrogen) atoms. The van der Waals surface area contributed by atoms with Gasteiger partial charge in [0.05, 0.1) is 26.4 Å². The summed E-state index contributed by atoms with van der Waals surface area (Å²) in [6.45, 7) is 5.98. The maximum atomic E-state index is 12.7. The summed E-state index contributed by atoms with van der Waals surface area (Å²) in [6.07, 6.45) is 6.13. The van der Waals surface area contributed by atoms with E-state index in [0.29, 0.717) is 18.0 Å². The van der Waals surface area contributed by atoms with E-state index in [1.165, 1.54) is 22.1 Å². The van der Waals surface area contributed by atoms with Crippen molar-refractivity contribution in [1.29, 1.82) is 5.26 Å². The maximum Gasteiger partial charge on any atom is 0.251 e. The van der Waals surface area contributed by atoms with Crippen molar-refractivity contribution in [1.82, 2.24) is 15.2 Å². The Morgan fingerprint density at radius 2 is 2.03 bits per heavy atom. The molecule has 0 bridgehead atoms. The van der Waals surface area contributed by atoms with Crippen molar-refractivity contribution in [2.45, 2.75) is 45.2 Å². The van der Waals surface area contributed by atoms with Gasteiger partial charge in [0, 0.05) is 59.2 Å². The van der Waals surface area contributed by atoms with Gasteiger partial charge in [0.1, 0.15) is 5.75 Å². The first-order valence-electron chi connectivity index (χ1n) is 13.7. The third-order valence-electron chi connectivity index (χ3n) is 9.05. The van der Waals surface area contributed by atoms with Crippen molar-refractivity contribution in [2.75, 3.05) is 33.4 Å². The van der Waals surface area contributed by atoms with Gasteiger partial charge in [0.25, 0.3) is 5.91 Å². The molecular weight excluding hydrogens is 476 g/mol. The van der Waals surface area contributed by atoms with Gasteiger partial charge >= 0.3 is 0 Å². The molecule has 1 unspecified atom stereocenters. The van der Waals surface area contributed by atoms with Crippen LogP contribution in [0.4, 0.5) is 0 Å². The number of methoxy groups -OCH3 is 1. The molecule has 1 aromatic heterocycles. The van der Waals surface area contributed by atoms with Gasteiger partial charge in [-0.25, -0.2) is 0 Å². The molecule has 2 aromatic carbocycles. The van der Waals surface area contributed by atoms with E-state index >= 15 is 0 Å². The van der Waals surface area contributed by atoms with E-state index in [9.17, 15) is 10.1 Å². The summed E-state index contributed by atoms with van der Waals surface area (Å²) in [5, 5.41) is 13.7.